The van der Waals surface area contributed by atoms with E-state index in [0.717, 1.165) is 16.9 Å². The van der Waals surface area contributed by atoms with E-state index in [-0.39, 0.29) is 0 Å². The second-order valence-corrected chi connectivity index (χ2v) is 4.06. The molecule has 84 valence electrons. The van der Waals surface area contributed by atoms with Crippen LogP contribution in [0.25, 0.3) is 16.9 Å². The van der Waals surface area contributed by atoms with Crippen molar-refractivity contribution >= 4 is 11.0 Å². The van der Waals surface area contributed by atoms with E-state index in [0.29, 0.717) is 0 Å². The van der Waals surface area contributed by atoms with Gasteiger partial charge >= 0.3 is 0 Å². The summed E-state index contributed by atoms with van der Waals surface area (Å²) in [6.45, 7) is 4.14. The summed E-state index contributed by atoms with van der Waals surface area (Å²) >= 11 is 0. The molecule has 0 amide bonds. The van der Waals surface area contributed by atoms with Crippen LogP contribution < -0.4 is 0 Å². The van der Waals surface area contributed by atoms with E-state index in [4.69, 9.17) is 0 Å². The Morgan fingerprint density at radius 1 is 1.06 bits per heavy atom. The zero-order chi connectivity index (χ0) is 11.8. The van der Waals surface area contributed by atoms with E-state index in [1.54, 1.807) is 10.9 Å². The summed E-state index contributed by atoms with van der Waals surface area (Å²) in [5.74, 6) is 0.790. The third kappa shape index (κ3) is 1.49. The van der Waals surface area contributed by atoms with Gasteiger partial charge in [-0.3, -0.25) is 0 Å². The van der Waals surface area contributed by atoms with E-state index in [2.05, 4.69) is 35.2 Å². The Morgan fingerprint density at radius 2 is 1.94 bits per heavy atom. The summed E-state index contributed by atoms with van der Waals surface area (Å²) in [5, 5.41) is 8.40. The Bertz CT molecular complexity index is 670. The maximum Gasteiger partial charge on any atom is 0.155 e. The van der Waals surface area contributed by atoms with Crippen LogP contribution in [-0.2, 0) is 0 Å². The molecule has 2 heterocycles. The smallest absolute Gasteiger partial charge is 0.155 e. The van der Waals surface area contributed by atoms with Crippen LogP contribution in [0.2, 0.25) is 0 Å². The Kier molecular flexibility index (Phi) is 2.14. The third-order valence-corrected chi connectivity index (χ3v) is 3.01. The summed E-state index contributed by atoms with van der Waals surface area (Å²) in [7, 11) is 0. The fourth-order valence-corrected chi connectivity index (χ4v) is 1.87. The predicted octanol–water partition coefficient (Wildman–Crippen LogP) is 2.43. The monoisotopic (exact) mass is 224 g/mol. The molecule has 1 aromatic carbocycles. The lowest BCUT2D eigenvalue weighted by Crippen LogP contribution is -1.98. The van der Waals surface area contributed by atoms with Gasteiger partial charge in [-0.25, -0.2) is 4.98 Å². The van der Waals surface area contributed by atoms with Gasteiger partial charge in [0.25, 0.3) is 0 Å². The molecule has 0 atom stereocenters. The summed E-state index contributed by atoms with van der Waals surface area (Å²) in [5.41, 5.74) is 4.33. The normalized spacial score (nSPS) is 10.9. The van der Waals surface area contributed by atoms with Crippen LogP contribution in [0.15, 0.2) is 36.5 Å². The summed E-state index contributed by atoms with van der Waals surface area (Å²) < 4.78 is 1.77. The fraction of sp³-hybridized carbons (Fsp3) is 0.154. The van der Waals surface area contributed by atoms with E-state index < -0.39 is 0 Å². The van der Waals surface area contributed by atoms with Crippen LogP contribution in [0, 0.1) is 13.8 Å². The molecule has 0 spiro atoms. The van der Waals surface area contributed by atoms with Crippen LogP contribution in [0.5, 0.6) is 0 Å². The molecule has 0 bridgehead atoms. The van der Waals surface area contributed by atoms with Crippen molar-refractivity contribution in [2.45, 2.75) is 13.8 Å². The van der Waals surface area contributed by atoms with Crippen LogP contribution in [-0.4, -0.2) is 20.0 Å². The topological polar surface area (TPSA) is 43.6 Å². The average molecular weight is 224 g/mol. The molecule has 0 aliphatic carbocycles. The highest BCUT2D eigenvalue weighted by molar-refractivity contribution is 5.80. The number of pyridine rings is 1. The van der Waals surface area contributed by atoms with Crippen LogP contribution >= 0.6 is 0 Å². The number of hydrogen-bond acceptors (Lipinski definition) is 3. The first kappa shape index (κ1) is 9.96. The molecule has 0 unspecified atom stereocenters. The second-order valence-electron chi connectivity index (χ2n) is 4.06. The molecule has 0 N–H and O–H groups in total. The Morgan fingerprint density at radius 3 is 2.71 bits per heavy atom. The average Bonchev–Trinajstić information content (AvgIpc) is 2.79. The number of hydrogen-bond donors (Lipinski definition) is 0. The minimum absolute atomic E-state index is 0.790. The molecule has 0 saturated carbocycles. The molecule has 0 fully saturated rings. The number of benzene rings is 1. The molecule has 4 nitrogen and oxygen atoms in total. The van der Waals surface area contributed by atoms with Gasteiger partial charge in [-0.2, -0.15) is 4.68 Å². The van der Waals surface area contributed by atoms with Gasteiger partial charge in [-0.15, -0.1) is 5.10 Å². The maximum atomic E-state index is 4.28. The number of aromatic nitrogens is 4. The molecule has 0 radical (unpaired) electrons. The molecular formula is C13H12N4. The van der Waals surface area contributed by atoms with Gasteiger partial charge in [0.05, 0.1) is 5.52 Å². The summed E-state index contributed by atoms with van der Waals surface area (Å²) in [6.07, 6.45) is 1.75. The van der Waals surface area contributed by atoms with Crippen molar-refractivity contribution < 1.29 is 0 Å². The van der Waals surface area contributed by atoms with E-state index in [9.17, 15) is 0 Å². The lowest BCUT2D eigenvalue weighted by molar-refractivity contribution is 0.801. The van der Waals surface area contributed by atoms with Crippen molar-refractivity contribution in [1.82, 2.24) is 20.0 Å². The molecule has 4 heteroatoms. The van der Waals surface area contributed by atoms with Gasteiger partial charge < -0.3 is 0 Å². The third-order valence-electron chi connectivity index (χ3n) is 3.01. The molecule has 3 aromatic rings. The number of fused-ring (bicyclic) bond motifs is 1. The molecule has 0 aliphatic rings. The zero-order valence-electron chi connectivity index (χ0n) is 9.75. The van der Waals surface area contributed by atoms with Crippen molar-refractivity contribution in [1.29, 1.82) is 0 Å². The van der Waals surface area contributed by atoms with Gasteiger partial charge in [0.2, 0.25) is 0 Å². The van der Waals surface area contributed by atoms with Gasteiger partial charge in [-0.05, 0) is 43.2 Å². The molecule has 17 heavy (non-hydrogen) atoms. The van der Waals surface area contributed by atoms with Crippen LogP contribution in [0.3, 0.4) is 0 Å². The van der Waals surface area contributed by atoms with Crippen molar-refractivity contribution in [2.75, 3.05) is 0 Å². The standard InChI is InChI=1S/C13H12N4/c1-9-6-7-11-13(10(9)2)15-16-17(11)12-5-3-4-8-14-12/h3-8H,1-2H3. The molecule has 3 rings (SSSR count). The van der Waals surface area contributed by atoms with Gasteiger partial charge in [0.1, 0.15) is 5.52 Å². The van der Waals surface area contributed by atoms with Crippen molar-refractivity contribution in [2.24, 2.45) is 0 Å². The van der Waals surface area contributed by atoms with E-state index in [1.807, 2.05) is 24.3 Å². The van der Waals surface area contributed by atoms with Crippen molar-refractivity contribution in [3.63, 3.8) is 0 Å². The first-order valence-corrected chi connectivity index (χ1v) is 5.50. The largest absolute Gasteiger partial charge is 0.237 e. The van der Waals surface area contributed by atoms with Gasteiger partial charge in [-0.1, -0.05) is 17.3 Å². The molecule has 0 aliphatic heterocycles. The Hall–Kier alpha value is -2.23. The fourth-order valence-electron chi connectivity index (χ4n) is 1.87. The number of nitrogens with zero attached hydrogens (tertiary/aromatic N) is 4. The summed E-state index contributed by atoms with van der Waals surface area (Å²) in [6, 6.07) is 9.87. The second kappa shape index (κ2) is 3.66. The van der Waals surface area contributed by atoms with E-state index in [1.165, 1.54) is 11.1 Å². The van der Waals surface area contributed by atoms with Crippen molar-refractivity contribution in [3.8, 4) is 5.82 Å². The highest BCUT2D eigenvalue weighted by atomic mass is 15.4. The first-order valence-electron chi connectivity index (χ1n) is 5.50. The molecule has 0 saturated heterocycles. The van der Waals surface area contributed by atoms with Gasteiger partial charge in [0.15, 0.2) is 5.82 Å². The number of rotatable bonds is 1. The predicted molar refractivity (Wildman–Crippen MR) is 66.1 cm³/mol. The Labute approximate surface area is 98.9 Å². The Balaban J connectivity index is 2.30. The molecular weight excluding hydrogens is 212 g/mol. The number of aryl methyl sites for hydroxylation is 2. The SMILES string of the molecule is Cc1ccc2c(nnn2-c2ccccn2)c1C. The highest BCUT2D eigenvalue weighted by Gasteiger charge is 2.09. The molecule has 2 aromatic heterocycles. The highest BCUT2D eigenvalue weighted by Crippen LogP contribution is 2.20. The lowest BCUT2D eigenvalue weighted by atomic mass is 10.1. The minimum atomic E-state index is 0.790. The van der Waals surface area contributed by atoms with Crippen LogP contribution in [0.1, 0.15) is 11.1 Å². The first-order chi connectivity index (χ1) is 8.27. The van der Waals surface area contributed by atoms with Crippen LogP contribution in [0.4, 0.5) is 0 Å². The van der Waals surface area contributed by atoms with Gasteiger partial charge in [0, 0.05) is 6.20 Å². The quantitative estimate of drug-likeness (QED) is 0.637. The maximum absolute atomic E-state index is 4.28. The summed E-state index contributed by atoms with van der Waals surface area (Å²) in [4.78, 5) is 4.28. The minimum Gasteiger partial charge on any atom is -0.237 e. The zero-order valence-corrected chi connectivity index (χ0v) is 9.75. The lowest BCUT2D eigenvalue weighted by Gasteiger charge is -2.02. The van der Waals surface area contributed by atoms with Crippen molar-refractivity contribution in [3.05, 3.63) is 47.7 Å². The van der Waals surface area contributed by atoms with E-state index >= 15 is 0 Å².